The van der Waals surface area contributed by atoms with Crippen molar-refractivity contribution in [3.05, 3.63) is 71.4 Å². The number of aryl methyl sites for hydroxylation is 2. The highest BCUT2D eigenvalue weighted by Gasteiger charge is 2.37. The molecule has 1 unspecified atom stereocenters. The van der Waals surface area contributed by atoms with Crippen LogP contribution in [0.1, 0.15) is 41.8 Å². The van der Waals surface area contributed by atoms with Crippen LogP contribution < -0.4 is 10.2 Å². The highest BCUT2D eigenvalue weighted by Crippen LogP contribution is 2.32. The summed E-state index contributed by atoms with van der Waals surface area (Å²) >= 11 is 0. The van der Waals surface area contributed by atoms with Crippen LogP contribution in [-0.2, 0) is 20.7 Å². The van der Waals surface area contributed by atoms with E-state index in [-0.39, 0.29) is 42.8 Å². The van der Waals surface area contributed by atoms with Crippen LogP contribution in [0.5, 0.6) is 0 Å². The lowest BCUT2D eigenvalue weighted by atomic mass is 10.0. The maximum atomic E-state index is 13.3. The Morgan fingerprint density at radius 3 is 2.59 bits per heavy atom. The molecule has 0 bridgehead atoms. The molecule has 0 radical (unpaired) electrons. The predicted molar refractivity (Wildman–Crippen MR) is 129 cm³/mol. The van der Waals surface area contributed by atoms with Gasteiger partial charge in [0.25, 0.3) is 0 Å². The number of nitrogens with one attached hydrogen (secondary N) is 1. The molecular weight excluding hydrogens is 432 g/mol. The van der Waals surface area contributed by atoms with E-state index < -0.39 is 11.9 Å². The normalized spacial score (nSPS) is 15.4. The molecule has 2 amide bonds. The molecule has 3 aromatic rings. The first-order valence-electron chi connectivity index (χ1n) is 11.4. The van der Waals surface area contributed by atoms with Crippen LogP contribution in [0.3, 0.4) is 0 Å². The molecule has 34 heavy (non-hydrogen) atoms. The molecule has 0 spiro atoms. The molecule has 4 rings (SSSR count). The van der Waals surface area contributed by atoms with Crippen molar-refractivity contribution in [2.45, 2.75) is 33.6 Å². The lowest BCUT2D eigenvalue weighted by Gasteiger charge is -2.22. The first-order chi connectivity index (χ1) is 16.4. The number of rotatable bonds is 7. The number of amides is 2. The van der Waals surface area contributed by atoms with Gasteiger partial charge in [0.1, 0.15) is 5.56 Å². The number of carbonyl (C=O) groups excluding carboxylic acids is 3. The summed E-state index contributed by atoms with van der Waals surface area (Å²) in [6.45, 7) is 6.21. The molecule has 1 fully saturated rings. The van der Waals surface area contributed by atoms with E-state index in [1.807, 2.05) is 62.4 Å². The van der Waals surface area contributed by atoms with E-state index in [4.69, 9.17) is 4.74 Å². The standard InChI is InChI=1S/C26H28N4O4/c1-4-18-11-9-10-17(3)23(18)29-16-19(14-22(29)31)25(32)28-24-21(26(33)34-5-2)15-27-30(24)20-12-7-6-8-13-20/h6-13,15,19H,4-5,14,16H2,1-3H3,(H,28,32). The molecule has 0 saturated carbocycles. The van der Waals surface area contributed by atoms with Gasteiger partial charge in [0.05, 0.1) is 24.4 Å². The Kier molecular flexibility index (Phi) is 6.77. The zero-order valence-electron chi connectivity index (χ0n) is 19.6. The number of anilines is 2. The quantitative estimate of drug-likeness (QED) is 0.540. The van der Waals surface area contributed by atoms with Crippen LogP contribution in [0.4, 0.5) is 11.5 Å². The minimum atomic E-state index is -0.573. The third-order valence-electron chi connectivity index (χ3n) is 5.97. The number of nitrogens with zero attached hydrogens (tertiary/aromatic N) is 3. The van der Waals surface area contributed by atoms with Crippen molar-refractivity contribution in [3.63, 3.8) is 0 Å². The summed E-state index contributed by atoms with van der Waals surface area (Å²) in [5, 5.41) is 7.16. The van der Waals surface area contributed by atoms with Gasteiger partial charge in [0.2, 0.25) is 11.8 Å². The van der Waals surface area contributed by atoms with E-state index in [0.29, 0.717) is 5.69 Å². The van der Waals surface area contributed by atoms with Gasteiger partial charge in [-0.2, -0.15) is 5.10 Å². The number of hydrogen-bond donors (Lipinski definition) is 1. The van der Waals surface area contributed by atoms with Crippen molar-refractivity contribution in [2.24, 2.45) is 5.92 Å². The summed E-state index contributed by atoms with van der Waals surface area (Å²) < 4.78 is 6.64. The maximum absolute atomic E-state index is 13.3. The third-order valence-corrected chi connectivity index (χ3v) is 5.97. The Morgan fingerprint density at radius 1 is 1.12 bits per heavy atom. The van der Waals surface area contributed by atoms with Gasteiger partial charge in [-0.25, -0.2) is 9.48 Å². The van der Waals surface area contributed by atoms with E-state index in [2.05, 4.69) is 10.4 Å². The lowest BCUT2D eigenvalue weighted by Crippen LogP contribution is -2.30. The van der Waals surface area contributed by atoms with Crippen LogP contribution >= 0.6 is 0 Å². The Balaban J connectivity index is 1.62. The van der Waals surface area contributed by atoms with E-state index in [0.717, 1.165) is 23.2 Å². The van der Waals surface area contributed by atoms with Gasteiger partial charge >= 0.3 is 5.97 Å². The number of para-hydroxylation sites is 2. The van der Waals surface area contributed by atoms with Crippen LogP contribution in [0.25, 0.3) is 5.69 Å². The van der Waals surface area contributed by atoms with Gasteiger partial charge in [0.15, 0.2) is 5.82 Å². The van der Waals surface area contributed by atoms with Gasteiger partial charge in [-0.15, -0.1) is 0 Å². The van der Waals surface area contributed by atoms with E-state index in [1.165, 1.54) is 10.9 Å². The summed E-state index contributed by atoms with van der Waals surface area (Å²) in [6.07, 6.45) is 2.27. The Hall–Kier alpha value is -3.94. The topological polar surface area (TPSA) is 93.5 Å². The zero-order chi connectivity index (χ0) is 24.2. The Morgan fingerprint density at radius 2 is 1.88 bits per heavy atom. The van der Waals surface area contributed by atoms with Crippen LogP contribution in [0, 0.1) is 12.8 Å². The molecule has 1 aromatic heterocycles. The van der Waals surface area contributed by atoms with Gasteiger partial charge in [-0.1, -0.05) is 43.3 Å². The summed E-state index contributed by atoms with van der Waals surface area (Å²) in [5.41, 5.74) is 3.80. The zero-order valence-corrected chi connectivity index (χ0v) is 19.6. The molecule has 176 valence electrons. The largest absolute Gasteiger partial charge is 0.462 e. The van der Waals surface area contributed by atoms with Gasteiger partial charge in [-0.3, -0.25) is 9.59 Å². The second-order valence-corrected chi connectivity index (χ2v) is 8.21. The molecule has 8 nitrogen and oxygen atoms in total. The number of benzene rings is 2. The molecule has 2 heterocycles. The second kappa shape index (κ2) is 9.91. The molecule has 1 N–H and O–H groups in total. The van der Waals surface area contributed by atoms with Crippen LogP contribution in [0.15, 0.2) is 54.7 Å². The van der Waals surface area contributed by atoms with Gasteiger partial charge in [0, 0.05) is 18.7 Å². The Bertz CT molecular complexity index is 1220. The number of ether oxygens (including phenoxy) is 1. The SMILES string of the molecule is CCOC(=O)c1cnn(-c2ccccc2)c1NC(=O)C1CC(=O)N(c2c(C)cccc2CC)C1. The van der Waals surface area contributed by atoms with E-state index in [1.54, 1.807) is 11.8 Å². The number of carbonyl (C=O) groups is 3. The summed E-state index contributed by atoms with van der Waals surface area (Å²) in [6, 6.07) is 15.1. The van der Waals surface area contributed by atoms with Crippen LogP contribution in [0.2, 0.25) is 0 Å². The third kappa shape index (κ3) is 4.44. The van der Waals surface area contributed by atoms with Crippen molar-refractivity contribution in [1.29, 1.82) is 0 Å². The molecule has 1 saturated heterocycles. The highest BCUT2D eigenvalue weighted by molar-refractivity contribution is 6.06. The van der Waals surface area contributed by atoms with E-state index >= 15 is 0 Å². The molecule has 1 aliphatic rings. The predicted octanol–water partition coefficient (Wildman–Crippen LogP) is 3.91. The Labute approximate surface area is 198 Å². The fourth-order valence-electron chi connectivity index (χ4n) is 4.30. The van der Waals surface area contributed by atoms with Crippen molar-refractivity contribution in [3.8, 4) is 5.69 Å². The molecule has 8 heteroatoms. The van der Waals surface area contributed by atoms with Gasteiger partial charge < -0.3 is 15.0 Å². The number of esters is 1. The monoisotopic (exact) mass is 460 g/mol. The summed E-state index contributed by atoms with van der Waals surface area (Å²) in [7, 11) is 0. The number of hydrogen-bond acceptors (Lipinski definition) is 5. The first kappa shape index (κ1) is 23.2. The second-order valence-electron chi connectivity index (χ2n) is 8.21. The van der Waals surface area contributed by atoms with E-state index in [9.17, 15) is 14.4 Å². The van der Waals surface area contributed by atoms with Gasteiger partial charge in [-0.05, 0) is 43.5 Å². The fourth-order valence-corrected chi connectivity index (χ4v) is 4.30. The average Bonchev–Trinajstić information content (AvgIpc) is 3.43. The van der Waals surface area contributed by atoms with Crippen molar-refractivity contribution in [2.75, 3.05) is 23.4 Å². The summed E-state index contributed by atoms with van der Waals surface area (Å²) in [4.78, 5) is 40.5. The number of aromatic nitrogens is 2. The fraction of sp³-hybridized carbons (Fsp3) is 0.308. The molecule has 2 aromatic carbocycles. The smallest absolute Gasteiger partial charge is 0.343 e. The molecule has 1 atom stereocenters. The lowest BCUT2D eigenvalue weighted by molar-refractivity contribution is -0.122. The van der Waals surface area contributed by atoms with Crippen molar-refractivity contribution < 1.29 is 19.1 Å². The minimum Gasteiger partial charge on any atom is -0.462 e. The highest BCUT2D eigenvalue weighted by atomic mass is 16.5. The molecule has 1 aliphatic heterocycles. The van der Waals surface area contributed by atoms with Crippen molar-refractivity contribution in [1.82, 2.24) is 9.78 Å². The van der Waals surface area contributed by atoms with Crippen molar-refractivity contribution >= 4 is 29.3 Å². The maximum Gasteiger partial charge on any atom is 0.343 e. The van der Waals surface area contributed by atoms with Crippen LogP contribution in [-0.4, -0.2) is 40.7 Å². The minimum absolute atomic E-state index is 0.0914. The first-order valence-corrected chi connectivity index (χ1v) is 11.4. The summed E-state index contributed by atoms with van der Waals surface area (Å²) in [5.74, 6) is -1.34. The molecular formula is C26H28N4O4. The average molecular weight is 461 g/mol. The molecule has 0 aliphatic carbocycles.